The molecule has 2 N–H and O–H groups in total. The molecule has 6 heteroatoms. The normalized spacial score (nSPS) is 22.8. The van der Waals surface area contributed by atoms with Crippen molar-refractivity contribution >= 4 is 5.91 Å². The first-order chi connectivity index (χ1) is 12.0. The lowest BCUT2D eigenvalue weighted by Crippen LogP contribution is -2.44. The first-order valence-corrected chi connectivity index (χ1v) is 8.71. The SMILES string of the molecule is Cc1c(CCC(=O)N[C@@H]2CC[C@@H](Oc3ccccc3)[C@@H]2O)cnn1C. The van der Waals surface area contributed by atoms with Crippen LogP contribution in [0.3, 0.4) is 0 Å². The van der Waals surface area contributed by atoms with E-state index in [1.54, 1.807) is 10.9 Å². The topological polar surface area (TPSA) is 76.4 Å². The summed E-state index contributed by atoms with van der Waals surface area (Å²) in [7, 11) is 1.89. The molecule has 3 atom stereocenters. The summed E-state index contributed by atoms with van der Waals surface area (Å²) in [5.74, 6) is 0.693. The van der Waals surface area contributed by atoms with Crippen molar-refractivity contribution in [3.8, 4) is 5.75 Å². The Labute approximate surface area is 147 Å². The van der Waals surface area contributed by atoms with Crippen molar-refractivity contribution in [3.63, 3.8) is 0 Å². The van der Waals surface area contributed by atoms with E-state index in [4.69, 9.17) is 4.74 Å². The van der Waals surface area contributed by atoms with Crippen LogP contribution in [-0.4, -0.2) is 39.0 Å². The van der Waals surface area contributed by atoms with Crippen LogP contribution in [0.25, 0.3) is 0 Å². The number of hydrogen-bond acceptors (Lipinski definition) is 4. The van der Waals surface area contributed by atoms with E-state index in [1.165, 1.54) is 0 Å². The molecule has 0 radical (unpaired) electrons. The first-order valence-electron chi connectivity index (χ1n) is 8.71. The third-order valence-electron chi connectivity index (χ3n) is 4.89. The quantitative estimate of drug-likeness (QED) is 0.838. The van der Waals surface area contributed by atoms with Gasteiger partial charge in [-0.3, -0.25) is 9.48 Å². The molecule has 1 saturated carbocycles. The lowest BCUT2D eigenvalue weighted by molar-refractivity contribution is -0.122. The Kier molecular flexibility index (Phi) is 5.38. The van der Waals surface area contributed by atoms with Crippen LogP contribution >= 0.6 is 0 Å². The number of carbonyl (C=O) groups is 1. The maximum absolute atomic E-state index is 12.2. The van der Waals surface area contributed by atoms with Crippen LogP contribution in [-0.2, 0) is 18.3 Å². The van der Waals surface area contributed by atoms with Crippen molar-refractivity contribution in [1.82, 2.24) is 15.1 Å². The molecule has 1 aliphatic carbocycles. The van der Waals surface area contributed by atoms with Crippen LogP contribution in [0.4, 0.5) is 0 Å². The molecule has 1 aliphatic rings. The highest BCUT2D eigenvalue weighted by Gasteiger charge is 2.37. The molecule has 1 aromatic heterocycles. The average molecular weight is 343 g/mol. The number of hydrogen-bond donors (Lipinski definition) is 2. The fourth-order valence-electron chi connectivity index (χ4n) is 3.22. The second-order valence-electron chi connectivity index (χ2n) is 6.59. The van der Waals surface area contributed by atoms with Gasteiger partial charge in [0.05, 0.1) is 12.2 Å². The Morgan fingerprint density at radius 2 is 2.12 bits per heavy atom. The summed E-state index contributed by atoms with van der Waals surface area (Å²) >= 11 is 0. The molecule has 1 fully saturated rings. The maximum Gasteiger partial charge on any atom is 0.220 e. The predicted molar refractivity (Wildman–Crippen MR) is 94.3 cm³/mol. The second kappa shape index (κ2) is 7.70. The third kappa shape index (κ3) is 4.20. The van der Waals surface area contributed by atoms with Crippen LogP contribution in [0.2, 0.25) is 0 Å². The van der Waals surface area contributed by atoms with Crippen molar-refractivity contribution in [3.05, 3.63) is 47.8 Å². The highest BCUT2D eigenvalue weighted by molar-refractivity contribution is 5.76. The van der Waals surface area contributed by atoms with Gasteiger partial charge in [0, 0.05) is 19.2 Å². The number of nitrogens with one attached hydrogen (secondary N) is 1. The van der Waals surface area contributed by atoms with E-state index >= 15 is 0 Å². The van der Waals surface area contributed by atoms with Crippen LogP contribution < -0.4 is 10.1 Å². The number of ether oxygens (including phenoxy) is 1. The minimum absolute atomic E-state index is 0.0485. The number of aromatic nitrogens is 2. The molecule has 3 rings (SSSR count). The highest BCUT2D eigenvalue weighted by Crippen LogP contribution is 2.25. The molecule has 2 aromatic rings. The number of aliphatic hydroxyl groups is 1. The van der Waals surface area contributed by atoms with Gasteiger partial charge in [0.15, 0.2) is 0 Å². The van der Waals surface area contributed by atoms with Gasteiger partial charge in [-0.15, -0.1) is 0 Å². The van der Waals surface area contributed by atoms with E-state index in [0.717, 1.165) is 29.8 Å². The summed E-state index contributed by atoms with van der Waals surface area (Å²) in [5, 5.41) is 17.6. The number of aryl methyl sites for hydroxylation is 2. The molecular weight excluding hydrogens is 318 g/mol. The second-order valence-corrected chi connectivity index (χ2v) is 6.59. The maximum atomic E-state index is 12.2. The van der Waals surface area contributed by atoms with Crippen LogP contribution in [0.5, 0.6) is 5.75 Å². The number of nitrogens with zero attached hydrogens (tertiary/aromatic N) is 2. The monoisotopic (exact) mass is 343 g/mol. The van der Waals surface area contributed by atoms with Gasteiger partial charge >= 0.3 is 0 Å². The van der Waals surface area contributed by atoms with E-state index in [1.807, 2.05) is 44.3 Å². The number of benzene rings is 1. The third-order valence-corrected chi connectivity index (χ3v) is 4.89. The number of carbonyl (C=O) groups excluding carboxylic acids is 1. The highest BCUT2D eigenvalue weighted by atomic mass is 16.5. The minimum atomic E-state index is -0.690. The van der Waals surface area contributed by atoms with E-state index in [9.17, 15) is 9.90 Å². The molecule has 6 nitrogen and oxygen atoms in total. The van der Waals surface area contributed by atoms with E-state index in [-0.39, 0.29) is 18.1 Å². The van der Waals surface area contributed by atoms with Crippen molar-refractivity contribution < 1.29 is 14.6 Å². The molecule has 25 heavy (non-hydrogen) atoms. The zero-order valence-electron chi connectivity index (χ0n) is 14.7. The van der Waals surface area contributed by atoms with Gasteiger partial charge in [-0.1, -0.05) is 18.2 Å². The summed E-state index contributed by atoms with van der Waals surface area (Å²) in [5.41, 5.74) is 2.15. The fourth-order valence-corrected chi connectivity index (χ4v) is 3.22. The molecule has 1 aromatic carbocycles. The van der Waals surface area contributed by atoms with Gasteiger partial charge < -0.3 is 15.2 Å². The van der Waals surface area contributed by atoms with Gasteiger partial charge in [0.2, 0.25) is 5.91 Å². The Morgan fingerprint density at radius 3 is 2.80 bits per heavy atom. The van der Waals surface area contributed by atoms with Crippen LogP contribution in [0, 0.1) is 6.92 Å². The van der Waals surface area contributed by atoms with Crippen molar-refractivity contribution in [2.45, 2.75) is 50.9 Å². The van der Waals surface area contributed by atoms with Crippen molar-refractivity contribution in [2.24, 2.45) is 7.05 Å². The molecule has 1 amide bonds. The van der Waals surface area contributed by atoms with Crippen molar-refractivity contribution in [1.29, 1.82) is 0 Å². The average Bonchev–Trinajstić information content (AvgIpc) is 3.11. The standard InChI is InChI=1S/C19H25N3O3/c1-13-14(12-20-22(13)2)8-11-18(23)21-16-9-10-17(19(16)24)25-15-6-4-3-5-7-15/h3-7,12,16-17,19,24H,8-11H2,1-2H3,(H,21,23)/t16-,17-,19-/m1/s1. The van der Waals surface area contributed by atoms with Gasteiger partial charge in [0.25, 0.3) is 0 Å². The first kappa shape index (κ1) is 17.5. The molecule has 0 spiro atoms. The summed E-state index contributed by atoms with van der Waals surface area (Å²) in [4.78, 5) is 12.2. The molecular formula is C19H25N3O3. The Hall–Kier alpha value is -2.34. The van der Waals surface area contributed by atoms with E-state index < -0.39 is 6.10 Å². The predicted octanol–water partition coefficient (Wildman–Crippen LogP) is 1.75. The Bertz CT molecular complexity index is 714. The summed E-state index contributed by atoms with van der Waals surface area (Å²) < 4.78 is 7.64. The number of rotatable bonds is 6. The van der Waals surface area contributed by atoms with Gasteiger partial charge in [-0.2, -0.15) is 5.10 Å². The van der Waals surface area contributed by atoms with Crippen LogP contribution in [0.15, 0.2) is 36.5 Å². The molecule has 0 bridgehead atoms. The van der Waals surface area contributed by atoms with Gasteiger partial charge in [-0.25, -0.2) is 0 Å². The fraction of sp³-hybridized carbons (Fsp3) is 0.474. The lowest BCUT2D eigenvalue weighted by atomic mass is 10.1. The van der Waals surface area contributed by atoms with Crippen molar-refractivity contribution in [2.75, 3.05) is 0 Å². The summed E-state index contributed by atoms with van der Waals surface area (Å²) in [6.07, 6.45) is 3.31. The molecule has 0 aliphatic heterocycles. The smallest absolute Gasteiger partial charge is 0.220 e. The van der Waals surface area contributed by atoms with E-state index in [2.05, 4.69) is 10.4 Å². The van der Waals surface area contributed by atoms with Gasteiger partial charge in [-0.05, 0) is 43.9 Å². The lowest BCUT2D eigenvalue weighted by Gasteiger charge is -2.21. The molecule has 0 unspecified atom stereocenters. The molecule has 1 heterocycles. The zero-order valence-corrected chi connectivity index (χ0v) is 14.7. The van der Waals surface area contributed by atoms with E-state index in [0.29, 0.717) is 12.8 Å². The summed E-state index contributed by atoms with van der Waals surface area (Å²) in [6, 6.07) is 9.21. The minimum Gasteiger partial charge on any atom is -0.488 e. The van der Waals surface area contributed by atoms with Crippen LogP contribution in [0.1, 0.15) is 30.5 Å². The molecule has 134 valence electrons. The number of para-hydroxylation sites is 1. The number of aliphatic hydroxyl groups excluding tert-OH is 1. The van der Waals surface area contributed by atoms with Gasteiger partial charge in [0.1, 0.15) is 18.0 Å². The largest absolute Gasteiger partial charge is 0.488 e. The summed E-state index contributed by atoms with van der Waals surface area (Å²) in [6.45, 7) is 1.99. The Morgan fingerprint density at radius 1 is 1.36 bits per heavy atom. The zero-order chi connectivity index (χ0) is 17.8. The Balaban J connectivity index is 1.48. The number of amides is 1. The molecule has 0 saturated heterocycles.